The molecule has 0 fully saturated rings. The molecule has 0 bridgehead atoms. The number of aliphatic hydroxyl groups excluding tert-OH is 1. The number of carbonyl (C=O) groups is 2. The van der Waals surface area contributed by atoms with Crippen LogP contribution in [0, 0.1) is 13.8 Å². The summed E-state index contributed by atoms with van der Waals surface area (Å²) in [5.41, 5.74) is 2.93. The van der Waals surface area contributed by atoms with Crippen LogP contribution in [-0.4, -0.2) is 29.3 Å². The highest BCUT2D eigenvalue weighted by atomic mass is 32.2. The molecule has 0 saturated carbocycles. The number of nitrogens with zero attached hydrogens (tertiary/aromatic N) is 1. The summed E-state index contributed by atoms with van der Waals surface area (Å²) >= 11 is 2.67. The second-order valence-electron chi connectivity index (χ2n) is 5.49. The molecule has 2 aromatic rings. The number of thiophene rings is 1. The van der Waals surface area contributed by atoms with E-state index in [9.17, 15) is 9.59 Å². The quantitative estimate of drug-likeness (QED) is 0.832. The van der Waals surface area contributed by atoms with Gasteiger partial charge in [-0.25, -0.2) is 4.90 Å². The first kappa shape index (κ1) is 17.0. The van der Waals surface area contributed by atoms with Gasteiger partial charge >= 0.3 is 0 Å². The van der Waals surface area contributed by atoms with Gasteiger partial charge in [-0.05, 0) is 42.5 Å². The fourth-order valence-electron chi connectivity index (χ4n) is 2.61. The Morgan fingerprint density at radius 2 is 1.96 bits per heavy atom. The third-order valence-corrected chi connectivity index (χ3v) is 5.69. The highest BCUT2D eigenvalue weighted by molar-refractivity contribution is 8.04. The van der Waals surface area contributed by atoms with Crippen LogP contribution < -0.4 is 4.90 Å². The molecule has 0 aliphatic carbocycles. The lowest BCUT2D eigenvalue weighted by molar-refractivity contribution is -0.119. The Morgan fingerprint density at radius 1 is 1.17 bits per heavy atom. The molecular weight excluding hydrogens is 342 g/mol. The van der Waals surface area contributed by atoms with Crippen molar-refractivity contribution in [1.29, 1.82) is 0 Å². The molecule has 2 amide bonds. The molecule has 1 aromatic carbocycles. The molecule has 1 aromatic heterocycles. The third kappa shape index (κ3) is 2.92. The van der Waals surface area contributed by atoms with Crippen LogP contribution in [0.2, 0.25) is 0 Å². The fourth-order valence-corrected chi connectivity index (χ4v) is 4.29. The molecule has 0 unspecified atom stereocenters. The van der Waals surface area contributed by atoms with E-state index in [1.807, 2.05) is 49.6 Å². The van der Waals surface area contributed by atoms with E-state index in [4.69, 9.17) is 5.11 Å². The largest absolute Gasteiger partial charge is 0.396 e. The van der Waals surface area contributed by atoms with Gasteiger partial charge in [-0.2, -0.15) is 0 Å². The van der Waals surface area contributed by atoms with Gasteiger partial charge in [-0.15, -0.1) is 23.1 Å². The lowest BCUT2D eigenvalue weighted by atomic mass is 10.1. The highest BCUT2D eigenvalue weighted by Gasteiger charge is 2.41. The molecular formula is C18H17NO3S2. The Balaban J connectivity index is 2.09. The number of carbonyl (C=O) groups excluding carboxylic acids is 2. The van der Waals surface area contributed by atoms with Gasteiger partial charge in [-0.1, -0.05) is 18.2 Å². The molecule has 1 N–H and O–H groups in total. The summed E-state index contributed by atoms with van der Waals surface area (Å²) < 4.78 is 0. The van der Waals surface area contributed by atoms with Crippen molar-refractivity contribution in [2.45, 2.75) is 13.8 Å². The topological polar surface area (TPSA) is 57.6 Å². The van der Waals surface area contributed by atoms with Crippen LogP contribution in [0.3, 0.4) is 0 Å². The van der Waals surface area contributed by atoms with Crippen molar-refractivity contribution >= 4 is 46.2 Å². The van der Waals surface area contributed by atoms with Gasteiger partial charge in [0.15, 0.2) is 0 Å². The van der Waals surface area contributed by atoms with Gasteiger partial charge in [0.05, 0.1) is 22.8 Å². The van der Waals surface area contributed by atoms with Gasteiger partial charge < -0.3 is 5.11 Å². The lowest BCUT2D eigenvalue weighted by Crippen LogP contribution is -2.32. The molecule has 2 heterocycles. The molecule has 0 atom stereocenters. The zero-order valence-electron chi connectivity index (χ0n) is 13.4. The van der Waals surface area contributed by atoms with Crippen molar-refractivity contribution < 1.29 is 14.7 Å². The van der Waals surface area contributed by atoms with Crippen LogP contribution in [0.25, 0.3) is 5.57 Å². The van der Waals surface area contributed by atoms with Crippen LogP contribution in [0.15, 0.2) is 40.6 Å². The van der Waals surface area contributed by atoms with Crippen molar-refractivity contribution in [1.82, 2.24) is 0 Å². The van der Waals surface area contributed by atoms with Crippen LogP contribution in [0.4, 0.5) is 5.69 Å². The van der Waals surface area contributed by atoms with Crippen LogP contribution in [0.5, 0.6) is 0 Å². The maximum atomic E-state index is 13.0. The smallest absolute Gasteiger partial charge is 0.272 e. The molecule has 1 aliphatic heterocycles. The van der Waals surface area contributed by atoms with Gasteiger partial charge in [0.1, 0.15) is 0 Å². The van der Waals surface area contributed by atoms with Gasteiger partial charge in [0.25, 0.3) is 11.8 Å². The predicted molar refractivity (Wildman–Crippen MR) is 99.2 cm³/mol. The van der Waals surface area contributed by atoms with Gasteiger partial charge in [0.2, 0.25) is 0 Å². The number of thioether (sulfide) groups is 1. The van der Waals surface area contributed by atoms with E-state index in [0.717, 1.165) is 16.0 Å². The molecule has 0 spiro atoms. The summed E-state index contributed by atoms with van der Waals surface area (Å²) in [6, 6.07) is 9.43. The number of benzene rings is 1. The third-order valence-electron chi connectivity index (χ3n) is 3.75. The molecule has 1 aliphatic rings. The number of imide groups is 1. The SMILES string of the molecule is Cc1ccc(C)c(N2C(=O)C(SCCO)=C(c3cccs3)C2=O)c1. The number of aliphatic hydroxyl groups is 1. The average Bonchev–Trinajstić information content (AvgIpc) is 3.15. The van der Waals surface area contributed by atoms with Crippen molar-refractivity contribution in [2.75, 3.05) is 17.3 Å². The van der Waals surface area contributed by atoms with Crippen molar-refractivity contribution in [2.24, 2.45) is 0 Å². The Kier molecular flexibility index (Phi) is 4.89. The lowest BCUT2D eigenvalue weighted by Gasteiger charge is -2.18. The number of rotatable bonds is 5. The van der Waals surface area contributed by atoms with E-state index >= 15 is 0 Å². The summed E-state index contributed by atoms with van der Waals surface area (Å²) in [5, 5.41) is 11.0. The minimum absolute atomic E-state index is 0.0448. The maximum absolute atomic E-state index is 13.0. The first-order valence-corrected chi connectivity index (χ1v) is 9.39. The van der Waals surface area contributed by atoms with Crippen LogP contribution >= 0.6 is 23.1 Å². The molecule has 3 rings (SSSR count). The van der Waals surface area contributed by atoms with Crippen LogP contribution in [-0.2, 0) is 9.59 Å². The summed E-state index contributed by atoms with van der Waals surface area (Å²) in [4.78, 5) is 28.4. The molecule has 0 saturated heterocycles. The van der Waals surface area contributed by atoms with Crippen molar-refractivity contribution in [3.05, 3.63) is 56.6 Å². The molecule has 4 nitrogen and oxygen atoms in total. The number of amides is 2. The second-order valence-corrected chi connectivity index (χ2v) is 7.54. The Morgan fingerprint density at radius 3 is 2.62 bits per heavy atom. The van der Waals surface area contributed by atoms with Gasteiger partial charge in [0, 0.05) is 10.6 Å². The number of hydrogen-bond donors (Lipinski definition) is 1. The zero-order valence-corrected chi connectivity index (χ0v) is 15.0. The normalized spacial score (nSPS) is 14.9. The van der Waals surface area contributed by atoms with Gasteiger partial charge in [-0.3, -0.25) is 9.59 Å². The van der Waals surface area contributed by atoms with E-state index in [1.54, 1.807) is 0 Å². The first-order valence-electron chi connectivity index (χ1n) is 7.52. The number of anilines is 1. The Bertz CT molecular complexity index is 825. The molecule has 124 valence electrons. The molecule has 24 heavy (non-hydrogen) atoms. The maximum Gasteiger partial charge on any atom is 0.272 e. The van der Waals surface area contributed by atoms with E-state index in [2.05, 4.69) is 0 Å². The highest BCUT2D eigenvalue weighted by Crippen LogP contribution is 2.40. The van der Waals surface area contributed by atoms with E-state index in [0.29, 0.717) is 21.9 Å². The van der Waals surface area contributed by atoms with Crippen molar-refractivity contribution in [3.8, 4) is 0 Å². The standard InChI is InChI=1S/C18H17NO3S2/c1-11-5-6-12(2)13(10-11)19-17(21)15(14-4-3-8-23-14)16(18(19)22)24-9-7-20/h3-6,8,10,20H,7,9H2,1-2H3. The monoisotopic (exact) mass is 359 g/mol. The predicted octanol–water partition coefficient (Wildman–Crippen LogP) is 3.37. The van der Waals surface area contributed by atoms with E-state index in [1.165, 1.54) is 28.0 Å². The fraction of sp³-hybridized carbons (Fsp3) is 0.222. The minimum atomic E-state index is -0.310. The van der Waals surface area contributed by atoms with Crippen LogP contribution in [0.1, 0.15) is 16.0 Å². The van der Waals surface area contributed by atoms with E-state index < -0.39 is 0 Å². The molecule has 0 radical (unpaired) electrons. The Hall–Kier alpha value is -1.89. The summed E-state index contributed by atoms with van der Waals surface area (Å²) in [6.07, 6.45) is 0. The minimum Gasteiger partial charge on any atom is -0.396 e. The zero-order chi connectivity index (χ0) is 17.3. The summed E-state index contributed by atoms with van der Waals surface area (Å²) in [6.45, 7) is 3.78. The Labute approximate surface area is 148 Å². The number of aryl methyl sites for hydroxylation is 2. The van der Waals surface area contributed by atoms with E-state index in [-0.39, 0.29) is 18.4 Å². The summed E-state index contributed by atoms with van der Waals surface area (Å²) in [7, 11) is 0. The summed E-state index contributed by atoms with van der Waals surface area (Å²) in [5.74, 6) is -0.226. The average molecular weight is 359 g/mol. The second kappa shape index (κ2) is 6.93. The van der Waals surface area contributed by atoms with Crippen molar-refractivity contribution in [3.63, 3.8) is 0 Å². The molecule has 6 heteroatoms. The first-order chi connectivity index (χ1) is 11.5. The number of hydrogen-bond acceptors (Lipinski definition) is 5.